The summed E-state index contributed by atoms with van der Waals surface area (Å²) in [5, 5.41) is 5.77. The summed E-state index contributed by atoms with van der Waals surface area (Å²) in [6.07, 6.45) is 1.09. The van der Waals surface area contributed by atoms with Crippen molar-refractivity contribution in [3.63, 3.8) is 0 Å². The third kappa shape index (κ3) is 1.91. The van der Waals surface area contributed by atoms with E-state index in [1.807, 2.05) is 7.05 Å². The predicted molar refractivity (Wildman–Crippen MR) is 78.3 cm³/mol. The van der Waals surface area contributed by atoms with E-state index in [0.29, 0.717) is 6.04 Å². The molecule has 0 spiro atoms. The average molecular weight is 241 g/mol. The lowest BCUT2D eigenvalue weighted by molar-refractivity contribution is 0.752. The van der Waals surface area contributed by atoms with E-state index in [0.717, 1.165) is 25.2 Å². The van der Waals surface area contributed by atoms with E-state index in [9.17, 15) is 0 Å². The molecule has 1 heterocycles. The zero-order chi connectivity index (χ0) is 12.5. The highest BCUT2D eigenvalue weighted by molar-refractivity contribution is 5.96. The van der Waals surface area contributed by atoms with Crippen molar-refractivity contribution >= 4 is 22.1 Å². The lowest BCUT2D eigenvalue weighted by atomic mass is 10.1. The summed E-state index contributed by atoms with van der Waals surface area (Å²) in [5.41, 5.74) is 8.46. The quantitative estimate of drug-likeness (QED) is 0.848. The summed E-state index contributed by atoms with van der Waals surface area (Å²) in [6, 6.07) is 13.3. The molecule has 0 aromatic heterocycles. The Balaban J connectivity index is 2.07. The van der Waals surface area contributed by atoms with Gasteiger partial charge >= 0.3 is 0 Å². The van der Waals surface area contributed by atoms with Gasteiger partial charge in [-0.15, -0.1) is 0 Å². The molecule has 18 heavy (non-hydrogen) atoms. The average Bonchev–Trinajstić information content (AvgIpc) is 2.84. The molecule has 1 atom stereocenters. The third-order valence-electron chi connectivity index (χ3n) is 3.71. The van der Waals surface area contributed by atoms with Crippen molar-refractivity contribution in [1.82, 2.24) is 0 Å². The SMILES string of the molecule is CNc1ccc2c(N3CC[C@@H](N)C3)cccc2c1. The van der Waals surface area contributed by atoms with E-state index in [2.05, 4.69) is 46.6 Å². The van der Waals surface area contributed by atoms with E-state index in [1.165, 1.54) is 16.5 Å². The molecular formula is C15H19N3. The summed E-state index contributed by atoms with van der Waals surface area (Å²) in [5.74, 6) is 0. The maximum atomic E-state index is 6.00. The molecule has 3 heteroatoms. The first-order valence-electron chi connectivity index (χ1n) is 6.49. The molecule has 3 rings (SSSR count). The van der Waals surface area contributed by atoms with Crippen LogP contribution in [0.4, 0.5) is 11.4 Å². The number of nitrogens with zero attached hydrogens (tertiary/aromatic N) is 1. The number of anilines is 2. The van der Waals surface area contributed by atoms with E-state index in [4.69, 9.17) is 5.73 Å². The molecule has 94 valence electrons. The van der Waals surface area contributed by atoms with Gasteiger partial charge in [-0.25, -0.2) is 0 Å². The Morgan fingerprint density at radius 1 is 1.28 bits per heavy atom. The maximum Gasteiger partial charge on any atom is 0.0446 e. The van der Waals surface area contributed by atoms with Crippen LogP contribution in [0.3, 0.4) is 0 Å². The normalized spacial score (nSPS) is 19.4. The third-order valence-corrected chi connectivity index (χ3v) is 3.71. The van der Waals surface area contributed by atoms with Gasteiger partial charge in [-0.05, 0) is 30.0 Å². The standard InChI is InChI=1S/C15H19N3/c1-17-13-5-6-14-11(9-13)3-2-4-15(14)18-8-7-12(16)10-18/h2-6,9,12,17H,7-8,10,16H2,1H3/t12-/m1/s1. The Morgan fingerprint density at radius 2 is 2.17 bits per heavy atom. The fourth-order valence-corrected chi connectivity index (χ4v) is 2.70. The molecule has 0 aliphatic carbocycles. The second-order valence-corrected chi connectivity index (χ2v) is 4.96. The Kier molecular flexibility index (Phi) is 2.84. The Morgan fingerprint density at radius 3 is 2.89 bits per heavy atom. The van der Waals surface area contributed by atoms with Crippen molar-refractivity contribution in [2.24, 2.45) is 5.73 Å². The van der Waals surface area contributed by atoms with Gasteiger partial charge in [0.25, 0.3) is 0 Å². The van der Waals surface area contributed by atoms with Gasteiger partial charge in [-0.1, -0.05) is 18.2 Å². The second kappa shape index (κ2) is 4.50. The number of rotatable bonds is 2. The van der Waals surface area contributed by atoms with Gasteiger partial charge in [0.05, 0.1) is 0 Å². The fraction of sp³-hybridized carbons (Fsp3) is 0.333. The van der Waals surface area contributed by atoms with Crippen molar-refractivity contribution in [1.29, 1.82) is 0 Å². The van der Waals surface area contributed by atoms with Gasteiger partial charge in [-0.3, -0.25) is 0 Å². The monoisotopic (exact) mass is 241 g/mol. The smallest absolute Gasteiger partial charge is 0.0446 e. The molecule has 1 fully saturated rings. The molecule has 3 N–H and O–H groups in total. The van der Waals surface area contributed by atoms with Gasteiger partial charge in [0.2, 0.25) is 0 Å². The van der Waals surface area contributed by atoms with Crippen LogP contribution in [-0.4, -0.2) is 26.2 Å². The molecule has 0 bridgehead atoms. The van der Waals surface area contributed by atoms with Gasteiger partial charge < -0.3 is 16.0 Å². The minimum atomic E-state index is 0.317. The van der Waals surface area contributed by atoms with Crippen molar-refractivity contribution in [2.45, 2.75) is 12.5 Å². The van der Waals surface area contributed by atoms with Crippen molar-refractivity contribution in [3.05, 3.63) is 36.4 Å². The highest BCUT2D eigenvalue weighted by Gasteiger charge is 2.20. The lowest BCUT2D eigenvalue weighted by Gasteiger charge is -2.20. The van der Waals surface area contributed by atoms with Gasteiger partial charge in [-0.2, -0.15) is 0 Å². The summed E-state index contributed by atoms with van der Waals surface area (Å²) < 4.78 is 0. The Bertz CT molecular complexity index is 565. The molecule has 1 saturated heterocycles. The van der Waals surface area contributed by atoms with E-state index < -0.39 is 0 Å². The van der Waals surface area contributed by atoms with Crippen LogP contribution in [0.15, 0.2) is 36.4 Å². The number of hydrogen-bond donors (Lipinski definition) is 2. The largest absolute Gasteiger partial charge is 0.388 e. The predicted octanol–water partition coefficient (Wildman–Crippen LogP) is 2.42. The van der Waals surface area contributed by atoms with Crippen LogP contribution >= 0.6 is 0 Å². The molecule has 0 radical (unpaired) electrons. The maximum absolute atomic E-state index is 6.00. The molecular weight excluding hydrogens is 222 g/mol. The Labute approximate surface area is 108 Å². The zero-order valence-electron chi connectivity index (χ0n) is 10.7. The minimum Gasteiger partial charge on any atom is -0.388 e. The topological polar surface area (TPSA) is 41.3 Å². The van der Waals surface area contributed by atoms with Gasteiger partial charge in [0.1, 0.15) is 0 Å². The van der Waals surface area contributed by atoms with E-state index in [1.54, 1.807) is 0 Å². The fourth-order valence-electron chi connectivity index (χ4n) is 2.70. The summed E-state index contributed by atoms with van der Waals surface area (Å²) in [4.78, 5) is 2.39. The number of nitrogens with two attached hydrogens (primary N) is 1. The summed E-state index contributed by atoms with van der Waals surface area (Å²) >= 11 is 0. The van der Waals surface area contributed by atoms with Crippen molar-refractivity contribution in [3.8, 4) is 0 Å². The van der Waals surface area contributed by atoms with Gasteiger partial charge in [0.15, 0.2) is 0 Å². The van der Waals surface area contributed by atoms with Crippen LogP contribution in [-0.2, 0) is 0 Å². The summed E-state index contributed by atoms with van der Waals surface area (Å²) in [6.45, 7) is 2.03. The number of fused-ring (bicyclic) bond motifs is 1. The highest BCUT2D eigenvalue weighted by Crippen LogP contribution is 2.30. The molecule has 1 aliphatic rings. The van der Waals surface area contributed by atoms with Crippen LogP contribution in [0, 0.1) is 0 Å². The van der Waals surface area contributed by atoms with Crippen LogP contribution in [0.1, 0.15) is 6.42 Å². The molecule has 1 aliphatic heterocycles. The first kappa shape index (κ1) is 11.4. The van der Waals surface area contributed by atoms with Crippen LogP contribution in [0.25, 0.3) is 10.8 Å². The van der Waals surface area contributed by atoms with Crippen molar-refractivity contribution < 1.29 is 0 Å². The number of nitrogens with one attached hydrogen (secondary N) is 1. The van der Waals surface area contributed by atoms with E-state index in [-0.39, 0.29) is 0 Å². The zero-order valence-corrected chi connectivity index (χ0v) is 10.7. The Hall–Kier alpha value is -1.74. The molecule has 0 saturated carbocycles. The van der Waals surface area contributed by atoms with Crippen LogP contribution in [0.2, 0.25) is 0 Å². The molecule has 3 nitrogen and oxygen atoms in total. The van der Waals surface area contributed by atoms with E-state index >= 15 is 0 Å². The molecule has 2 aromatic carbocycles. The minimum absolute atomic E-state index is 0.317. The lowest BCUT2D eigenvalue weighted by Crippen LogP contribution is -2.26. The van der Waals surface area contributed by atoms with Crippen LogP contribution < -0.4 is 16.0 Å². The summed E-state index contributed by atoms with van der Waals surface area (Å²) in [7, 11) is 1.95. The second-order valence-electron chi connectivity index (χ2n) is 4.96. The van der Waals surface area contributed by atoms with Crippen LogP contribution in [0.5, 0.6) is 0 Å². The van der Waals surface area contributed by atoms with Crippen molar-refractivity contribution in [2.75, 3.05) is 30.4 Å². The number of hydrogen-bond acceptors (Lipinski definition) is 3. The molecule has 0 amide bonds. The highest BCUT2D eigenvalue weighted by atomic mass is 15.2. The first-order chi connectivity index (χ1) is 8.78. The van der Waals surface area contributed by atoms with Gasteiger partial charge in [0, 0.05) is 42.9 Å². The first-order valence-corrected chi connectivity index (χ1v) is 6.49. The molecule has 0 unspecified atom stereocenters. The number of benzene rings is 2. The molecule has 2 aromatic rings.